The Bertz CT molecular complexity index is 1320. The van der Waals surface area contributed by atoms with Crippen LogP contribution in [0.25, 0.3) is 11.0 Å². The van der Waals surface area contributed by atoms with Crippen LogP contribution in [0, 0.1) is 6.92 Å². The second-order valence-corrected chi connectivity index (χ2v) is 9.11. The van der Waals surface area contributed by atoms with Crippen molar-refractivity contribution in [3.05, 3.63) is 89.2 Å². The molecule has 1 aromatic heterocycles. The van der Waals surface area contributed by atoms with Crippen LogP contribution in [0.1, 0.15) is 23.7 Å². The molecule has 0 saturated carbocycles. The van der Waals surface area contributed by atoms with Crippen LogP contribution in [0.3, 0.4) is 0 Å². The molecule has 0 bridgehead atoms. The monoisotopic (exact) mass is 475 g/mol. The summed E-state index contributed by atoms with van der Waals surface area (Å²) in [6.45, 7) is 2.98. The van der Waals surface area contributed by atoms with E-state index in [0.717, 1.165) is 28.1 Å². The van der Waals surface area contributed by atoms with Crippen molar-refractivity contribution in [1.82, 2.24) is 9.55 Å². The lowest BCUT2D eigenvalue weighted by atomic mass is 10.1. The van der Waals surface area contributed by atoms with Crippen molar-refractivity contribution in [2.24, 2.45) is 0 Å². The van der Waals surface area contributed by atoms with E-state index in [4.69, 9.17) is 21.3 Å². The molecule has 3 aromatic carbocycles. The normalized spacial score (nSPS) is 16.9. The van der Waals surface area contributed by atoms with Crippen LogP contribution in [0.4, 0.5) is 5.69 Å². The van der Waals surface area contributed by atoms with Gasteiger partial charge < -0.3 is 19.3 Å². The Morgan fingerprint density at radius 3 is 2.62 bits per heavy atom. The number of aromatic nitrogens is 2. The summed E-state index contributed by atoms with van der Waals surface area (Å²) in [5, 5.41) is 11.3. The average Bonchev–Trinajstić information content (AvgIpc) is 3.40. The molecule has 1 aliphatic heterocycles. The first-order chi connectivity index (χ1) is 16.5. The molecule has 0 radical (unpaired) electrons. The fraction of sp³-hybridized carbons (Fsp3) is 0.259. The van der Waals surface area contributed by atoms with E-state index in [1.165, 1.54) is 0 Å². The number of amides is 1. The maximum Gasteiger partial charge on any atom is 0.227 e. The van der Waals surface area contributed by atoms with Gasteiger partial charge in [-0.2, -0.15) is 0 Å². The number of aryl methyl sites for hydroxylation is 1. The number of aliphatic hydroxyl groups is 1. The van der Waals surface area contributed by atoms with E-state index >= 15 is 0 Å². The van der Waals surface area contributed by atoms with Crippen molar-refractivity contribution >= 4 is 34.2 Å². The molecule has 0 spiro atoms. The van der Waals surface area contributed by atoms with Gasteiger partial charge in [0.1, 0.15) is 24.3 Å². The summed E-state index contributed by atoms with van der Waals surface area (Å²) >= 11 is 6.17. The third kappa shape index (κ3) is 4.52. The molecule has 1 aliphatic rings. The number of aliphatic hydroxyl groups excluding tert-OH is 1. The molecule has 6 nitrogen and oxygen atoms in total. The summed E-state index contributed by atoms with van der Waals surface area (Å²) in [5.41, 5.74) is 3.82. The molecule has 0 unspecified atom stereocenters. The zero-order valence-corrected chi connectivity index (χ0v) is 19.7. The lowest BCUT2D eigenvalue weighted by Gasteiger charge is -2.19. The van der Waals surface area contributed by atoms with Crippen LogP contribution in [0.15, 0.2) is 72.8 Å². The van der Waals surface area contributed by atoms with Gasteiger partial charge in [-0.1, -0.05) is 53.6 Å². The van der Waals surface area contributed by atoms with Crippen LogP contribution in [-0.4, -0.2) is 39.8 Å². The number of halogens is 1. The minimum absolute atomic E-state index is 0.0714. The number of ether oxygens (including phenoxy) is 1. The van der Waals surface area contributed by atoms with Crippen molar-refractivity contribution in [3.63, 3.8) is 0 Å². The quantitative estimate of drug-likeness (QED) is 0.410. The summed E-state index contributed by atoms with van der Waals surface area (Å²) in [7, 11) is 0. The standard InChI is InChI=1S/C27H26ClN3O3/c1-18-10-12-20(13-11-18)30-15-19(14-26(30)33)27-29-23-7-3-4-8-24(23)31(27)16-21(32)17-34-25-9-5-2-6-22(25)28/h2-13,19,21,32H,14-17H2,1H3/t19-,21-/m0/s1. The van der Waals surface area contributed by atoms with Gasteiger partial charge in [0.25, 0.3) is 0 Å². The van der Waals surface area contributed by atoms with Gasteiger partial charge in [-0.05, 0) is 43.3 Å². The number of nitrogens with zero attached hydrogens (tertiary/aromatic N) is 3. The highest BCUT2D eigenvalue weighted by Gasteiger charge is 2.35. The average molecular weight is 476 g/mol. The number of imidazole rings is 1. The van der Waals surface area contributed by atoms with Crippen LogP contribution in [-0.2, 0) is 11.3 Å². The Morgan fingerprint density at radius 2 is 1.82 bits per heavy atom. The van der Waals surface area contributed by atoms with Crippen LogP contribution in [0.2, 0.25) is 5.02 Å². The first-order valence-corrected chi connectivity index (χ1v) is 11.7. The summed E-state index contributed by atoms with van der Waals surface area (Å²) in [6.07, 6.45) is -0.401. The molecule has 174 valence electrons. The number of carbonyl (C=O) groups excluding carboxylic acids is 1. The molecule has 5 rings (SSSR count). The highest BCUT2D eigenvalue weighted by atomic mass is 35.5. The Labute approximate surface area is 203 Å². The summed E-state index contributed by atoms with van der Waals surface area (Å²) < 4.78 is 7.77. The summed E-state index contributed by atoms with van der Waals surface area (Å²) in [6, 6.07) is 23.0. The smallest absolute Gasteiger partial charge is 0.227 e. The van der Waals surface area contributed by atoms with Gasteiger partial charge in [-0.25, -0.2) is 4.98 Å². The summed E-state index contributed by atoms with van der Waals surface area (Å²) in [5.74, 6) is 1.35. The van der Waals surface area contributed by atoms with Crippen molar-refractivity contribution in [1.29, 1.82) is 0 Å². The first kappa shape index (κ1) is 22.4. The molecule has 0 aliphatic carbocycles. The topological polar surface area (TPSA) is 67.6 Å². The lowest BCUT2D eigenvalue weighted by Crippen LogP contribution is -2.26. The van der Waals surface area contributed by atoms with Crippen LogP contribution >= 0.6 is 11.6 Å². The molecule has 1 amide bonds. The minimum atomic E-state index is -0.780. The fourth-order valence-corrected chi connectivity index (χ4v) is 4.65. The van der Waals surface area contributed by atoms with E-state index in [-0.39, 0.29) is 18.4 Å². The second kappa shape index (κ2) is 9.49. The van der Waals surface area contributed by atoms with Crippen molar-refractivity contribution in [3.8, 4) is 5.75 Å². The van der Waals surface area contributed by atoms with Gasteiger partial charge >= 0.3 is 0 Å². The zero-order chi connectivity index (χ0) is 23.7. The molecular formula is C27H26ClN3O3. The van der Waals surface area contributed by atoms with E-state index in [2.05, 4.69) is 0 Å². The number of hydrogen-bond donors (Lipinski definition) is 1. The number of benzene rings is 3. The van der Waals surface area contributed by atoms with Gasteiger partial charge in [0.05, 0.1) is 22.6 Å². The highest BCUT2D eigenvalue weighted by Crippen LogP contribution is 2.33. The molecule has 7 heteroatoms. The first-order valence-electron chi connectivity index (χ1n) is 11.4. The van der Waals surface area contributed by atoms with Gasteiger partial charge in [0.15, 0.2) is 0 Å². The molecule has 1 N–H and O–H groups in total. The molecular weight excluding hydrogens is 450 g/mol. The maximum absolute atomic E-state index is 12.9. The SMILES string of the molecule is Cc1ccc(N2C[C@@H](c3nc4ccccc4n3C[C@H](O)COc3ccccc3Cl)CC2=O)cc1. The van der Waals surface area contributed by atoms with Crippen LogP contribution in [0.5, 0.6) is 5.75 Å². The van der Waals surface area contributed by atoms with Gasteiger partial charge in [-0.3, -0.25) is 4.79 Å². The lowest BCUT2D eigenvalue weighted by molar-refractivity contribution is -0.117. The van der Waals surface area contributed by atoms with Gasteiger partial charge in [-0.15, -0.1) is 0 Å². The second-order valence-electron chi connectivity index (χ2n) is 8.71. The number of hydrogen-bond acceptors (Lipinski definition) is 4. The van der Waals surface area contributed by atoms with E-state index in [1.807, 2.05) is 77.1 Å². The Balaban J connectivity index is 1.38. The van der Waals surface area contributed by atoms with Gasteiger partial charge in [0, 0.05) is 24.6 Å². The third-order valence-electron chi connectivity index (χ3n) is 6.18. The number of fused-ring (bicyclic) bond motifs is 1. The number of para-hydroxylation sites is 3. The van der Waals surface area contributed by atoms with E-state index in [1.54, 1.807) is 12.1 Å². The van der Waals surface area contributed by atoms with Crippen molar-refractivity contribution in [2.45, 2.75) is 31.9 Å². The zero-order valence-electron chi connectivity index (χ0n) is 18.9. The summed E-state index contributed by atoms with van der Waals surface area (Å²) in [4.78, 5) is 19.6. The molecule has 2 atom stereocenters. The Kier molecular flexibility index (Phi) is 6.26. The number of carbonyl (C=O) groups is 1. The van der Waals surface area contributed by atoms with E-state index in [0.29, 0.717) is 30.3 Å². The predicted molar refractivity (Wildman–Crippen MR) is 134 cm³/mol. The van der Waals surface area contributed by atoms with Crippen molar-refractivity contribution < 1.29 is 14.6 Å². The number of rotatable bonds is 7. The minimum Gasteiger partial charge on any atom is -0.489 e. The van der Waals surface area contributed by atoms with E-state index < -0.39 is 6.10 Å². The largest absolute Gasteiger partial charge is 0.489 e. The number of anilines is 1. The molecule has 1 saturated heterocycles. The fourth-order valence-electron chi connectivity index (χ4n) is 4.46. The molecule has 1 fully saturated rings. The molecule has 4 aromatic rings. The molecule has 34 heavy (non-hydrogen) atoms. The van der Waals surface area contributed by atoms with Crippen LogP contribution < -0.4 is 9.64 Å². The van der Waals surface area contributed by atoms with E-state index in [9.17, 15) is 9.90 Å². The Morgan fingerprint density at radius 1 is 1.09 bits per heavy atom. The van der Waals surface area contributed by atoms with Crippen molar-refractivity contribution in [2.75, 3.05) is 18.1 Å². The Hall–Kier alpha value is -3.35. The third-order valence-corrected chi connectivity index (χ3v) is 6.49. The highest BCUT2D eigenvalue weighted by molar-refractivity contribution is 6.32. The predicted octanol–water partition coefficient (Wildman–Crippen LogP) is 4.96. The molecule has 2 heterocycles. The maximum atomic E-state index is 12.9. The van der Waals surface area contributed by atoms with Gasteiger partial charge in [0.2, 0.25) is 5.91 Å².